The van der Waals surface area contributed by atoms with Crippen LogP contribution in [0.2, 0.25) is 0 Å². The lowest BCUT2D eigenvalue weighted by Gasteiger charge is -2.20. The number of carbonyl (C=O) groups excluding carboxylic acids is 2. The van der Waals surface area contributed by atoms with Crippen LogP contribution in [0.4, 0.5) is 0 Å². The van der Waals surface area contributed by atoms with Crippen LogP contribution in [0.5, 0.6) is 0 Å². The first-order valence-corrected chi connectivity index (χ1v) is 4.21. The lowest BCUT2D eigenvalue weighted by Crippen LogP contribution is -2.39. The van der Waals surface area contributed by atoms with Crippen LogP contribution in [0, 0.1) is 0 Å². The molecule has 0 aromatic heterocycles. The van der Waals surface area contributed by atoms with Gasteiger partial charge in [0.1, 0.15) is 0 Å². The van der Waals surface area contributed by atoms with Crippen molar-refractivity contribution in [2.75, 3.05) is 0 Å². The number of aliphatic carboxylic acids is 1. The van der Waals surface area contributed by atoms with Crippen molar-refractivity contribution >= 4 is 17.8 Å². The van der Waals surface area contributed by atoms with E-state index in [1.165, 1.54) is 19.9 Å². The Labute approximate surface area is 81.0 Å². The molecule has 1 heterocycles. The molecule has 2 amide bonds. The molecular weight excluding hydrogens is 186 g/mol. The first kappa shape index (κ1) is 10.4. The molecule has 1 N–H and O–H groups in total. The normalized spacial score (nSPS) is 18.4. The monoisotopic (exact) mass is 197 g/mol. The van der Waals surface area contributed by atoms with Crippen LogP contribution < -0.4 is 0 Å². The lowest BCUT2D eigenvalue weighted by atomic mass is 10.2. The van der Waals surface area contributed by atoms with Crippen molar-refractivity contribution in [1.29, 1.82) is 0 Å². The molecular formula is C9H11NO4. The van der Waals surface area contributed by atoms with Gasteiger partial charge in [-0.1, -0.05) is 0 Å². The summed E-state index contributed by atoms with van der Waals surface area (Å²) in [6, 6.07) is -0.596. The maximum atomic E-state index is 11.4. The van der Waals surface area contributed by atoms with Crippen LogP contribution in [0.15, 0.2) is 11.6 Å². The molecule has 0 aliphatic carbocycles. The first-order chi connectivity index (χ1) is 6.43. The summed E-state index contributed by atoms with van der Waals surface area (Å²) in [4.78, 5) is 34.0. The molecule has 1 aliphatic heterocycles. The third-order valence-electron chi connectivity index (χ3n) is 2.04. The largest absolute Gasteiger partial charge is 0.481 e. The number of carboxylic acid groups (broad SMARTS) is 1. The number of carboxylic acids is 1. The van der Waals surface area contributed by atoms with Gasteiger partial charge in [0.05, 0.1) is 6.42 Å². The fraction of sp³-hybridized carbons (Fsp3) is 0.444. The summed E-state index contributed by atoms with van der Waals surface area (Å²) >= 11 is 0. The summed E-state index contributed by atoms with van der Waals surface area (Å²) in [5.74, 6) is -1.85. The quantitative estimate of drug-likeness (QED) is 0.654. The van der Waals surface area contributed by atoms with E-state index in [-0.39, 0.29) is 6.42 Å². The van der Waals surface area contributed by atoms with Crippen molar-refractivity contribution in [2.24, 2.45) is 0 Å². The van der Waals surface area contributed by atoms with E-state index in [1.54, 1.807) is 0 Å². The number of nitrogens with zero attached hydrogens (tertiary/aromatic N) is 1. The molecule has 14 heavy (non-hydrogen) atoms. The van der Waals surface area contributed by atoms with Crippen molar-refractivity contribution in [3.05, 3.63) is 11.6 Å². The highest BCUT2D eigenvalue weighted by molar-refractivity contribution is 6.16. The zero-order chi connectivity index (χ0) is 10.9. The standard InChI is InChI=1S/C9H11NO4/c1-5-3-7(11)10(9(5)14)6(2)4-8(12)13/h3,6H,4H2,1-2H3,(H,12,13). The van der Waals surface area contributed by atoms with Crippen LogP contribution >= 0.6 is 0 Å². The smallest absolute Gasteiger partial charge is 0.305 e. The molecule has 0 fully saturated rings. The molecule has 1 atom stereocenters. The molecule has 0 spiro atoms. The Morgan fingerprint density at radius 2 is 2.14 bits per heavy atom. The van der Waals surface area contributed by atoms with Crippen molar-refractivity contribution in [3.8, 4) is 0 Å². The van der Waals surface area contributed by atoms with Crippen LogP contribution in [0.3, 0.4) is 0 Å². The molecule has 0 bridgehead atoms. The zero-order valence-corrected chi connectivity index (χ0v) is 7.98. The molecule has 0 aromatic carbocycles. The van der Waals surface area contributed by atoms with Gasteiger partial charge in [-0.05, 0) is 13.8 Å². The predicted octanol–water partition coefficient (Wildman–Crippen LogP) is 0.165. The number of imide groups is 1. The lowest BCUT2D eigenvalue weighted by molar-refractivity contribution is -0.143. The Kier molecular flexibility index (Phi) is 2.69. The zero-order valence-electron chi connectivity index (χ0n) is 7.98. The van der Waals surface area contributed by atoms with E-state index in [1.807, 2.05) is 0 Å². The first-order valence-electron chi connectivity index (χ1n) is 4.21. The molecule has 0 saturated heterocycles. The third kappa shape index (κ3) is 1.81. The second kappa shape index (κ2) is 3.61. The second-order valence-corrected chi connectivity index (χ2v) is 3.29. The second-order valence-electron chi connectivity index (χ2n) is 3.29. The third-order valence-corrected chi connectivity index (χ3v) is 2.04. The minimum atomic E-state index is -1.03. The van der Waals surface area contributed by atoms with E-state index < -0.39 is 23.8 Å². The number of rotatable bonds is 3. The van der Waals surface area contributed by atoms with E-state index in [9.17, 15) is 14.4 Å². The number of hydrogen-bond acceptors (Lipinski definition) is 3. The van der Waals surface area contributed by atoms with Crippen LogP contribution in [-0.2, 0) is 14.4 Å². The minimum absolute atomic E-state index is 0.224. The minimum Gasteiger partial charge on any atom is -0.481 e. The highest BCUT2D eigenvalue weighted by atomic mass is 16.4. The van der Waals surface area contributed by atoms with Crippen LogP contribution in [0.25, 0.3) is 0 Å². The summed E-state index contributed by atoms with van der Waals surface area (Å²) in [5, 5.41) is 8.52. The molecule has 76 valence electrons. The average molecular weight is 197 g/mol. The summed E-state index contributed by atoms with van der Waals surface area (Å²) in [6.07, 6.45) is 0.999. The number of hydrogen-bond donors (Lipinski definition) is 1. The van der Waals surface area contributed by atoms with Crippen molar-refractivity contribution in [2.45, 2.75) is 26.3 Å². The molecule has 1 aliphatic rings. The summed E-state index contributed by atoms with van der Waals surface area (Å²) in [6.45, 7) is 3.07. The SMILES string of the molecule is CC1=CC(=O)N(C(C)CC(=O)O)C1=O. The van der Waals surface area contributed by atoms with Gasteiger partial charge in [0.15, 0.2) is 0 Å². The highest BCUT2D eigenvalue weighted by Crippen LogP contribution is 2.16. The van der Waals surface area contributed by atoms with E-state index in [0.717, 1.165) is 4.90 Å². The summed E-state index contributed by atoms with van der Waals surface area (Å²) < 4.78 is 0. The van der Waals surface area contributed by atoms with Gasteiger partial charge in [0.2, 0.25) is 0 Å². The molecule has 1 unspecified atom stereocenters. The van der Waals surface area contributed by atoms with Gasteiger partial charge in [0.25, 0.3) is 11.8 Å². The van der Waals surface area contributed by atoms with Gasteiger partial charge < -0.3 is 5.11 Å². The Morgan fingerprint density at radius 1 is 1.57 bits per heavy atom. The molecule has 5 nitrogen and oxygen atoms in total. The van der Waals surface area contributed by atoms with Gasteiger partial charge in [-0.3, -0.25) is 19.3 Å². The van der Waals surface area contributed by atoms with E-state index >= 15 is 0 Å². The Hall–Kier alpha value is -1.65. The fourth-order valence-corrected chi connectivity index (χ4v) is 1.37. The van der Waals surface area contributed by atoms with E-state index in [2.05, 4.69) is 0 Å². The Morgan fingerprint density at radius 3 is 2.50 bits per heavy atom. The van der Waals surface area contributed by atoms with Gasteiger partial charge in [-0.15, -0.1) is 0 Å². The van der Waals surface area contributed by atoms with Crippen molar-refractivity contribution in [3.63, 3.8) is 0 Å². The van der Waals surface area contributed by atoms with Crippen molar-refractivity contribution in [1.82, 2.24) is 4.90 Å². The maximum absolute atomic E-state index is 11.4. The predicted molar refractivity (Wildman–Crippen MR) is 47.3 cm³/mol. The molecule has 5 heteroatoms. The molecule has 1 rings (SSSR count). The van der Waals surface area contributed by atoms with Crippen LogP contribution in [0.1, 0.15) is 20.3 Å². The number of carbonyl (C=O) groups is 3. The topological polar surface area (TPSA) is 74.7 Å². The average Bonchev–Trinajstić information content (AvgIpc) is 2.25. The molecule has 0 radical (unpaired) electrons. The van der Waals surface area contributed by atoms with Gasteiger partial charge >= 0.3 is 5.97 Å². The fourth-order valence-electron chi connectivity index (χ4n) is 1.37. The summed E-state index contributed by atoms with van der Waals surface area (Å²) in [5.41, 5.74) is 0.354. The van der Waals surface area contributed by atoms with E-state index in [0.29, 0.717) is 5.57 Å². The van der Waals surface area contributed by atoms with E-state index in [4.69, 9.17) is 5.11 Å². The molecule has 0 saturated carbocycles. The van der Waals surface area contributed by atoms with Crippen molar-refractivity contribution < 1.29 is 19.5 Å². The van der Waals surface area contributed by atoms with Gasteiger partial charge in [0, 0.05) is 17.7 Å². The summed E-state index contributed by atoms with van der Waals surface area (Å²) in [7, 11) is 0. The van der Waals surface area contributed by atoms with Crippen LogP contribution in [-0.4, -0.2) is 33.8 Å². The van der Waals surface area contributed by atoms with Gasteiger partial charge in [-0.25, -0.2) is 0 Å². The van der Waals surface area contributed by atoms with Gasteiger partial charge in [-0.2, -0.15) is 0 Å². The number of amides is 2. The Bertz CT molecular complexity index is 332. The highest BCUT2D eigenvalue weighted by Gasteiger charge is 2.33. The maximum Gasteiger partial charge on any atom is 0.305 e. The molecule has 0 aromatic rings. The Balaban J connectivity index is 2.76.